The summed E-state index contributed by atoms with van der Waals surface area (Å²) in [6.45, 7) is 4.62. The van der Waals surface area contributed by atoms with E-state index in [-0.39, 0.29) is 0 Å². The second-order valence-corrected chi connectivity index (χ2v) is 13.9. The summed E-state index contributed by atoms with van der Waals surface area (Å²) in [5, 5.41) is 13.7. The third-order valence-electron chi connectivity index (χ3n) is 9.06. The molecule has 0 fully saturated rings. The average molecular weight is 571 g/mol. The van der Waals surface area contributed by atoms with Crippen molar-refractivity contribution in [2.45, 2.75) is 129 Å². The molecule has 0 saturated heterocycles. The molecule has 0 atom stereocenters. The molecule has 2 heterocycles. The maximum absolute atomic E-state index is 2.48. The van der Waals surface area contributed by atoms with E-state index in [9.17, 15) is 0 Å². The van der Waals surface area contributed by atoms with Gasteiger partial charge >= 0.3 is 0 Å². The van der Waals surface area contributed by atoms with Gasteiger partial charge in [-0.1, -0.05) is 128 Å². The van der Waals surface area contributed by atoms with Crippen LogP contribution in [-0.2, 0) is 12.8 Å². The van der Waals surface area contributed by atoms with Gasteiger partial charge in [-0.25, -0.2) is 0 Å². The molecular formula is C38H50S2. The summed E-state index contributed by atoms with van der Waals surface area (Å²) in [5.74, 6) is 0. The van der Waals surface area contributed by atoms with Gasteiger partial charge in [0.1, 0.15) is 0 Å². The summed E-state index contributed by atoms with van der Waals surface area (Å²) in [7, 11) is 0. The van der Waals surface area contributed by atoms with Gasteiger partial charge in [0.05, 0.1) is 0 Å². The molecule has 40 heavy (non-hydrogen) atoms. The van der Waals surface area contributed by atoms with Gasteiger partial charge < -0.3 is 0 Å². The van der Waals surface area contributed by atoms with Crippen LogP contribution >= 0.6 is 22.7 Å². The van der Waals surface area contributed by atoms with Crippen LogP contribution in [0.15, 0.2) is 47.2 Å². The van der Waals surface area contributed by atoms with Gasteiger partial charge in [0, 0.05) is 20.2 Å². The van der Waals surface area contributed by atoms with Gasteiger partial charge in [0.2, 0.25) is 0 Å². The van der Waals surface area contributed by atoms with Crippen molar-refractivity contribution in [1.29, 1.82) is 0 Å². The maximum Gasteiger partial charge on any atom is 0.0424 e. The fourth-order valence-electron chi connectivity index (χ4n) is 6.83. The minimum atomic E-state index is 1.20. The SMILES string of the molecule is CCCCCCCCCCc1c2ccc3ccsc3c2c(CCCCCCCCCC)c2ccc3ccsc3c12. The molecule has 0 amide bonds. The number of thiophene rings is 2. The zero-order chi connectivity index (χ0) is 27.6. The minimum Gasteiger partial charge on any atom is -0.143 e. The molecule has 2 heteroatoms. The zero-order valence-corrected chi connectivity index (χ0v) is 26.8. The van der Waals surface area contributed by atoms with Gasteiger partial charge in [-0.05, 0) is 81.2 Å². The number of hydrogen-bond acceptors (Lipinski definition) is 2. The first kappa shape index (κ1) is 29.6. The lowest BCUT2D eigenvalue weighted by atomic mass is 9.86. The molecule has 5 aromatic rings. The van der Waals surface area contributed by atoms with Gasteiger partial charge in [0.25, 0.3) is 0 Å². The normalized spacial score (nSPS) is 12.1. The minimum absolute atomic E-state index is 1.20. The number of benzene rings is 3. The van der Waals surface area contributed by atoms with E-state index >= 15 is 0 Å². The van der Waals surface area contributed by atoms with Gasteiger partial charge in [0.15, 0.2) is 0 Å². The lowest BCUT2D eigenvalue weighted by molar-refractivity contribution is 0.576. The standard InChI is InChI=1S/C38H50S2/c1-3-5-7-9-11-13-15-17-19-31-33-23-21-30-26-28-40-38(30)36(33)32(20-18-16-14-12-10-8-6-4-2)34-24-22-29-25-27-39-37(29)35(31)34/h21-28H,3-20H2,1-2H3. The fraction of sp³-hybridized carbons (Fsp3) is 0.526. The number of fused-ring (bicyclic) bond motifs is 6. The Balaban J connectivity index is 1.45. The summed E-state index contributed by atoms with van der Waals surface area (Å²) in [4.78, 5) is 0. The molecule has 0 unspecified atom stereocenters. The van der Waals surface area contributed by atoms with Crippen molar-refractivity contribution >= 4 is 64.4 Å². The van der Waals surface area contributed by atoms with Crippen molar-refractivity contribution in [2.24, 2.45) is 0 Å². The molecule has 0 nitrogen and oxygen atoms in total. The highest BCUT2D eigenvalue weighted by Gasteiger charge is 2.19. The van der Waals surface area contributed by atoms with Crippen molar-refractivity contribution in [3.8, 4) is 0 Å². The van der Waals surface area contributed by atoms with E-state index in [1.165, 1.54) is 136 Å². The Kier molecular flexibility index (Phi) is 11.4. The van der Waals surface area contributed by atoms with Crippen LogP contribution in [0.2, 0.25) is 0 Å². The Bertz CT molecular complexity index is 1370. The van der Waals surface area contributed by atoms with E-state index in [4.69, 9.17) is 0 Å². The smallest absolute Gasteiger partial charge is 0.0424 e. The molecule has 0 radical (unpaired) electrons. The highest BCUT2D eigenvalue weighted by Crippen LogP contribution is 2.44. The molecule has 0 aliphatic rings. The summed E-state index contributed by atoms with van der Waals surface area (Å²) in [5.41, 5.74) is 3.25. The van der Waals surface area contributed by atoms with Crippen molar-refractivity contribution in [3.05, 3.63) is 58.3 Å². The topological polar surface area (TPSA) is 0 Å². The average Bonchev–Trinajstić information content (AvgIpc) is 3.66. The number of hydrogen-bond donors (Lipinski definition) is 0. The first-order chi connectivity index (χ1) is 19.8. The molecule has 0 aliphatic carbocycles. The quantitative estimate of drug-likeness (QED) is 0.0726. The Morgan fingerprint density at radius 1 is 0.425 bits per heavy atom. The van der Waals surface area contributed by atoms with E-state index in [1.54, 1.807) is 32.7 Å². The van der Waals surface area contributed by atoms with Crippen LogP contribution in [-0.4, -0.2) is 0 Å². The van der Waals surface area contributed by atoms with Crippen LogP contribution in [0.4, 0.5) is 0 Å². The first-order valence-electron chi connectivity index (χ1n) is 16.6. The molecule has 0 aliphatic heterocycles. The largest absolute Gasteiger partial charge is 0.143 e. The molecule has 214 valence electrons. The Morgan fingerprint density at radius 3 is 1.20 bits per heavy atom. The van der Waals surface area contributed by atoms with E-state index < -0.39 is 0 Å². The molecule has 3 aromatic carbocycles. The molecule has 0 N–H and O–H groups in total. The molecule has 0 spiro atoms. The van der Waals surface area contributed by atoms with Crippen LogP contribution in [0.1, 0.15) is 128 Å². The highest BCUT2D eigenvalue weighted by atomic mass is 32.1. The third kappa shape index (κ3) is 6.93. The van der Waals surface area contributed by atoms with Crippen LogP contribution in [0, 0.1) is 0 Å². The molecule has 0 saturated carbocycles. The van der Waals surface area contributed by atoms with Crippen molar-refractivity contribution in [1.82, 2.24) is 0 Å². The lowest BCUT2D eigenvalue weighted by Crippen LogP contribution is -1.98. The first-order valence-corrected chi connectivity index (χ1v) is 18.3. The maximum atomic E-state index is 2.48. The van der Waals surface area contributed by atoms with Gasteiger partial charge in [-0.2, -0.15) is 0 Å². The summed E-state index contributed by atoms with van der Waals surface area (Å²) in [6.07, 6.45) is 24.5. The van der Waals surface area contributed by atoms with E-state index in [0.717, 1.165) is 0 Å². The van der Waals surface area contributed by atoms with Crippen molar-refractivity contribution in [3.63, 3.8) is 0 Å². The van der Waals surface area contributed by atoms with Crippen LogP contribution < -0.4 is 0 Å². The Morgan fingerprint density at radius 2 is 0.800 bits per heavy atom. The number of aryl methyl sites for hydroxylation is 2. The predicted octanol–water partition coefficient (Wildman–Crippen LogP) is 13.8. The highest BCUT2D eigenvalue weighted by molar-refractivity contribution is 7.18. The molecule has 5 rings (SSSR count). The van der Waals surface area contributed by atoms with Crippen molar-refractivity contribution < 1.29 is 0 Å². The Hall–Kier alpha value is -1.90. The Labute approximate surface area is 251 Å². The third-order valence-corrected chi connectivity index (χ3v) is 11.0. The van der Waals surface area contributed by atoms with Crippen LogP contribution in [0.5, 0.6) is 0 Å². The van der Waals surface area contributed by atoms with Gasteiger partial charge in [-0.3, -0.25) is 0 Å². The van der Waals surface area contributed by atoms with Crippen LogP contribution in [0.25, 0.3) is 41.7 Å². The monoisotopic (exact) mass is 570 g/mol. The van der Waals surface area contributed by atoms with Gasteiger partial charge in [-0.15, -0.1) is 22.7 Å². The summed E-state index contributed by atoms with van der Waals surface area (Å²) < 4.78 is 3.02. The number of rotatable bonds is 18. The van der Waals surface area contributed by atoms with Crippen LogP contribution in [0.3, 0.4) is 0 Å². The molecular weight excluding hydrogens is 521 g/mol. The van der Waals surface area contributed by atoms with E-state index in [0.29, 0.717) is 0 Å². The summed E-state index contributed by atoms with van der Waals surface area (Å²) in [6, 6.07) is 14.4. The zero-order valence-electron chi connectivity index (χ0n) is 25.2. The predicted molar refractivity (Wildman–Crippen MR) is 185 cm³/mol. The van der Waals surface area contributed by atoms with Crippen molar-refractivity contribution in [2.75, 3.05) is 0 Å². The molecule has 0 bridgehead atoms. The molecule has 2 aromatic heterocycles. The fourth-order valence-corrected chi connectivity index (χ4v) is 8.77. The summed E-state index contributed by atoms with van der Waals surface area (Å²) >= 11 is 3.90. The van der Waals surface area contributed by atoms with E-state index in [2.05, 4.69) is 61.0 Å². The van der Waals surface area contributed by atoms with E-state index in [1.807, 2.05) is 22.7 Å². The lowest BCUT2D eigenvalue weighted by Gasteiger charge is -2.19. The second kappa shape index (κ2) is 15.4. The second-order valence-electron chi connectivity index (χ2n) is 12.1. The number of unbranched alkanes of at least 4 members (excludes halogenated alkanes) is 14.